The molecule has 2 unspecified atom stereocenters. The Morgan fingerprint density at radius 3 is 2.38 bits per heavy atom. The summed E-state index contributed by atoms with van der Waals surface area (Å²) in [5, 5.41) is 1.03. The average molecular weight is 463 g/mol. The maximum absolute atomic E-state index is 13.0. The molecule has 1 aromatic heterocycles. The number of carbonyl (C=O) groups excluding carboxylic acids is 1. The highest BCUT2D eigenvalue weighted by Gasteiger charge is 2.30. The van der Waals surface area contributed by atoms with Gasteiger partial charge in [0.1, 0.15) is 6.54 Å². The number of rotatable bonds is 5. The summed E-state index contributed by atoms with van der Waals surface area (Å²) in [7, 11) is 0. The molecule has 0 bridgehead atoms. The van der Waals surface area contributed by atoms with Gasteiger partial charge in [-0.25, -0.2) is 0 Å². The molecular weight excluding hydrogens is 437 g/mol. The molecule has 170 valence electrons. The van der Waals surface area contributed by atoms with E-state index in [1.165, 1.54) is 12.1 Å². The van der Waals surface area contributed by atoms with Gasteiger partial charge in [-0.05, 0) is 37.6 Å². The van der Waals surface area contributed by atoms with E-state index in [4.69, 9.17) is 4.74 Å². The number of carbonyl (C=O) groups is 1. The van der Waals surface area contributed by atoms with E-state index in [2.05, 4.69) is 0 Å². The molecule has 2 aromatic carbocycles. The molecule has 2 heterocycles. The molecule has 32 heavy (non-hydrogen) atoms. The lowest BCUT2D eigenvalue weighted by Gasteiger charge is -2.35. The van der Waals surface area contributed by atoms with E-state index < -0.39 is 11.7 Å². The third-order valence-electron chi connectivity index (χ3n) is 5.51. The fourth-order valence-corrected chi connectivity index (χ4v) is 5.08. The highest BCUT2D eigenvalue weighted by atomic mass is 32.2. The van der Waals surface area contributed by atoms with Crippen molar-refractivity contribution in [3.05, 3.63) is 65.9 Å². The molecule has 1 saturated heterocycles. The van der Waals surface area contributed by atoms with Crippen LogP contribution in [0.1, 0.15) is 25.0 Å². The Bertz CT molecular complexity index is 1080. The number of para-hydroxylation sites is 1. The first-order valence-electron chi connectivity index (χ1n) is 10.5. The quantitative estimate of drug-likeness (QED) is 0.464. The standard InChI is InChI=1S/C24H25F3N2O2S/c1-16-11-29(12-17(2)31-16)23(30)14-28-13-22(20-5-3-4-6-21(20)28)32-15-18-7-9-19(10-8-18)24(25,26)27/h3-10,13,16-17H,11-12,14-15H2,1-2H3. The zero-order valence-electron chi connectivity index (χ0n) is 17.9. The number of aromatic nitrogens is 1. The molecule has 0 radical (unpaired) electrons. The number of nitrogens with zero attached hydrogens (tertiary/aromatic N) is 2. The van der Waals surface area contributed by atoms with E-state index in [-0.39, 0.29) is 24.7 Å². The first-order chi connectivity index (χ1) is 15.2. The summed E-state index contributed by atoms with van der Waals surface area (Å²) in [6, 6.07) is 13.1. The van der Waals surface area contributed by atoms with Crippen LogP contribution in [0.5, 0.6) is 0 Å². The second-order valence-corrected chi connectivity index (χ2v) is 9.19. The van der Waals surface area contributed by atoms with Gasteiger partial charge in [-0.2, -0.15) is 13.2 Å². The van der Waals surface area contributed by atoms with E-state index >= 15 is 0 Å². The summed E-state index contributed by atoms with van der Waals surface area (Å²) in [6.45, 7) is 5.34. The predicted molar refractivity (Wildman–Crippen MR) is 120 cm³/mol. The van der Waals surface area contributed by atoms with Crippen LogP contribution in [-0.2, 0) is 28.0 Å². The smallest absolute Gasteiger partial charge is 0.372 e. The van der Waals surface area contributed by atoms with Gasteiger partial charge in [0, 0.05) is 40.8 Å². The van der Waals surface area contributed by atoms with Crippen molar-refractivity contribution >= 4 is 28.6 Å². The molecule has 0 spiro atoms. The molecule has 0 saturated carbocycles. The number of alkyl halides is 3. The Labute approximate surface area is 189 Å². The van der Waals surface area contributed by atoms with Crippen molar-refractivity contribution in [2.75, 3.05) is 13.1 Å². The van der Waals surface area contributed by atoms with Gasteiger partial charge < -0.3 is 14.2 Å². The topological polar surface area (TPSA) is 34.5 Å². The number of morpholine rings is 1. The number of amides is 1. The number of halogens is 3. The van der Waals surface area contributed by atoms with E-state index in [9.17, 15) is 18.0 Å². The summed E-state index contributed by atoms with van der Waals surface area (Å²) < 4.78 is 46.0. The van der Waals surface area contributed by atoms with Crippen LogP contribution >= 0.6 is 11.8 Å². The number of thioether (sulfide) groups is 1. The number of benzene rings is 2. The van der Waals surface area contributed by atoms with Gasteiger partial charge in [-0.1, -0.05) is 30.3 Å². The zero-order chi connectivity index (χ0) is 22.9. The predicted octanol–water partition coefficient (Wildman–Crippen LogP) is 5.59. The van der Waals surface area contributed by atoms with E-state index in [1.807, 2.05) is 53.8 Å². The van der Waals surface area contributed by atoms with Crippen molar-refractivity contribution in [2.45, 2.75) is 49.4 Å². The minimum absolute atomic E-state index is 0.0129. The minimum Gasteiger partial charge on any atom is -0.372 e. The third kappa shape index (κ3) is 5.13. The van der Waals surface area contributed by atoms with Crippen molar-refractivity contribution < 1.29 is 22.7 Å². The largest absolute Gasteiger partial charge is 0.416 e. The van der Waals surface area contributed by atoms with Crippen LogP contribution < -0.4 is 0 Å². The monoisotopic (exact) mass is 462 g/mol. The summed E-state index contributed by atoms with van der Waals surface area (Å²) in [5.74, 6) is 0.588. The molecule has 4 rings (SSSR count). The van der Waals surface area contributed by atoms with Crippen molar-refractivity contribution in [2.24, 2.45) is 0 Å². The minimum atomic E-state index is -4.33. The maximum Gasteiger partial charge on any atom is 0.416 e. The third-order valence-corrected chi connectivity index (χ3v) is 6.62. The lowest BCUT2D eigenvalue weighted by Crippen LogP contribution is -2.49. The van der Waals surface area contributed by atoms with Crippen LogP contribution in [0.4, 0.5) is 13.2 Å². The SMILES string of the molecule is CC1CN(C(=O)Cn2cc(SCc3ccc(C(F)(F)F)cc3)c3ccccc32)CC(C)O1. The lowest BCUT2D eigenvalue weighted by molar-refractivity contribution is -0.143. The second kappa shape index (κ2) is 9.19. The highest BCUT2D eigenvalue weighted by molar-refractivity contribution is 7.98. The molecule has 1 aliphatic rings. The van der Waals surface area contributed by atoms with Crippen LogP contribution in [0.2, 0.25) is 0 Å². The van der Waals surface area contributed by atoms with Crippen molar-refractivity contribution in [3.8, 4) is 0 Å². The number of ether oxygens (including phenoxy) is 1. The molecule has 1 aliphatic heterocycles. The molecule has 8 heteroatoms. The van der Waals surface area contributed by atoms with Crippen LogP contribution in [0.15, 0.2) is 59.6 Å². The second-order valence-electron chi connectivity index (χ2n) is 8.18. The van der Waals surface area contributed by atoms with Crippen LogP contribution in [0.3, 0.4) is 0 Å². The molecule has 1 amide bonds. The first-order valence-corrected chi connectivity index (χ1v) is 11.5. The van der Waals surface area contributed by atoms with Crippen molar-refractivity contribution in [1.82, 2.24) is 9.47 Å². The van der Waals surface area contributed by atoms with Gasteiger partial charge in [0.05, 0.1) is 17.8 Å². The fourth-order valence-electron chi connectivity index (χ4n) is 4.04. The molecule has 0 aliphatic carbocycles. The zero-order valence-corrected chi connectivity index (χ0v) is 18.7. The Kier molecular flexibility index (Phi) is 6.53. The summed E-state index contributed by atoms with van der Waals surface area (Å²) >= 11 is 1.55. The lowest BCUT2D eigenvalue weighted by atomic mass is 10.1. The number of hydrogen-bond acceptors (Lipinski definition) is 3. The molecule has 2 atom stereocenters. The van der Waals surface area contributed by atoms with Gasteiger partial charge in [0.25, 0.3) is 0 Å². The summed E-state index contributed by atoms with van der Waals surface area (Å²) in [5.41, 5.74) is 1.13. The Balaban J connectivity index is 1.49. The van der Waals surface area contributed by atoms with Gasteiger partial charge >= 0.3 is 6.18 Å². The van der Waals surface area contributed by atoms with Gasteiger partial charge in [0.15, 0.2) is 0 Å². The van der Waals surface area contributed by atoms with Gasteiger partial charge in [0.2, 0.25) is 5.91 Å². The highest BCUT2D eigenvalue weighted by Crippen LogP contribution is 2.34. The molecular formula is C24H25F3N2O2S. The maximum atomic E-state index is 13.0. The van der Waals surface area contributed by atoms with Crippen molar-refractivity contribution in [1.29, 1.82) is 0 Å². The molecule has 3 aromatic rings. The molecule has 1 fully saturated rings. The number of fused-ring (bicyclic) bond motifs is 1. The van der Waals surface area contributed by atoms with Crippen LogP contribution in [0, 0.1) is 0 Å². The van der Waals surface area contributed by atoms with Crippen LogP contribution in [-0.4, -0.2) is 40.7 Å². The van der Waals surface area contributed by atoms with E-state index in [0.717, 1.165) is 33.5 Å². The van der Waals surface area contributed by atoms with E-state index in [1.54, 1.807) is 11.8 Å². The molecule has 4 nitrogen and oxygen atoms in total. The fraction of sp³-hybridized carbons (Fsp3) is 0.375. The molecule has 0 N–H and O–H groups in total. The van der Waals surface area contributed by atoms with Gasteiger partial charge in [-0.3, -0.25) is 4.79 Å². The Hall–Kier alpha value is -2.45. The summed E-state index contributed by atoms with van der Waals surface area (Å²) in [4.78, 5) is 15.8. The van der Waals surface area contributed by atoms with Crippen molar-refractivity contribution in [3.63, 3.8) is 0 Å². The van der Waals surface area contributed by atoms with Crippen LogP contribution in [0.25, 0.3) is 10.9 Å². The number of hydrogen-bond donors (Lipinski definition) is 0. The normalized spacial score (nSPS) is 19.5. The Morgan fingerprint density at radius 2 is 1.72 bits per heavy atom. The average Bonchev–Trinajstić information content (AvgIpc) is 3.09. The van der Waals surface area contributed by atoms with E-state index in [0.29, 0.717) is 18.8 Å². The first kappa shape index (κ1) is 22.7. The summed E-state index contributed by atoms with van der Waals surface area (Å²) in [6.07, 6.45) is -2.34. The van der Waals surface area contributed by atoms with Gasteiger partial charge in [-0.15, -0.1) is 11.8 Å². The Morgan fingerprint density at radius 1 is 1.06 bits per heavy atom.